The first kappa shape index (κ1) is 24.1. The molecule has 2 heterocycles. The van der Waals surface area contributed by atoms with Crippen molar-refractivity contribution < 1.29 is 0 Å². The highest BCUT2D eigenvalue weighted by atomic mass is 15.2. The lowest BCUT2D eigenvalue weighted by atomic mass is 9.94. The molecule has 3 nitrogen and oxygen atoms in total. The predicted molar refractivity (Wildman–Crippen MR) is 168 cm³/mol. The molecule has 41 heavy (non-hydrogen) atoms. The Balaban J connectivity index is 1.25. The van der Waals surface area contributed by atoms with Crippen molar-refractivity contribution in [2.75, 3.05) is 0 Å². The minimum atomic E-state index is -0.151. The first-order valence-corrected chi connectivity index (χ1v) is 14.5. The second kappa shape index (κ2) is 9.43. The fourth-order valence-electron chi connectivity index (χ4n) is 7.06. The number of benzene rings is 5. The van der Waals surface area contributed by atoms with Crippen LogP contribution in [0.25, 0.3) is 27.7 Å². The zero-order valence-corrected chi connectivity index (χ0v) is 23.0. The molecule has 6 aromatic rings. The highest BCUT2D eigenvalue weighted by Gasteiger charge is 2.67. The zero-order valence-electron chi connectivity index (χ0n) is 23.0. The van der Waals surface area contributed by atoms with E-state index in [1.165, 1.54) is 44.4 Å². The third-order valence-electron chi connectivity index (χ3n) is 9.12. The van der Waals surface area contributed by atoms with Crippen LogP contribution in [-0.2, 0) is 5.54 Å². The fraction of sp³-hybridized carbons (Fsp3) is 0.132. The summed E-state index contributed by atoms with van der Waals surface area (Å²) in [7, 11) is 0. The van der Waals surface area contributed by atoms with E-state index in [4.69, 9.17) is 4.99 Å². The van der Waals surface area contributed by atoms with Crippen LogP contribution in [-0.4, -0.2) is 10.3 Å². The van der Waals surface area contributed by atoms with Crippen molar-refractivity contribution in [3.63, 3.8) is 0 Å². The SMILES string of the molecule is CC1C2C(c3ccccc3)=NC(c3cccc(-n4cc(-c5ccccc5)c5ccccc54)c3)NC12c1ccccc1. The van der Waals surface area contributed by atoms with Crippen molar-refractivity contribution in [3.05, 3.63) is 162 Å². The average Bonchev–Trinajstić information content (AvgIpc) is 3.47. The number of nitrogens with one attached hydrogen (secondary N) is 1. The topological polar surface area (TPSA) is 29.3 Å². The van der Waals surface area contributed by atoms with Crippen LogP contribution in [0.3, 0.4) is 0 Å². The first-order valence-electron chi connectivity index (χ1n) is 14.5. The maximum atomic E-state index is 5.41. The van der Waals surface area contributed by atoms with Crippen LogP contribution in [0.4, 0.5) is 0 Å². The van der Waals surface area contributed by atoms with Gasteiger partial charge in [0.15, 0.2) is 0 Å². The normalized spacial score (nSPS) is 23.1. The van der Waals surface area contributed by atoms with Crippen LogP contribution >= 0.6 is 0 Å². The summed E-state index contributed by atoms with van der Waals surface area (Å²) in [6, 6.07) is 49.9. The number of aromatic nitrogens is 1. The van der Waals surface area contributed by atoms with Gasteiger partial charge in [-0.15, -0.1) is 0 Å². The number of hydrogen-bond acceptors (Lipinski definition) is 2. The molecule has 0 spiro atoms. The molecule has 0 bridgehead atoms. The Kier molecular flexibility index (Phi) is 5.54. The van der Waals surface area contributed by atoms with Gasteiger partial charge in [-0.1, -0.05) is 128 Å². The van der Waals surface area contributed by atoms with Gasteiger partial charge >= 0.3 is 0 Å². The van der Waals surface area contributed by atoms with E-state index in [2.05, 4.69) is 163 Å². The largest absolute Gasteiger partial charge is 0.316 e. The smallest absolute Gasteiger partial charge is 0.126 e. The van der Waals surface area contributed by atoms with Crippen molar-refractivity contribution >= 4 is 16.6 Å². The Labute approximate surface area is 240 Å². The molecular weight excluding hydrogens is 498 g/mol. The standard InChI is InChI=1S/C38H31N3/c1-26-35-36(28-16-7-3-8-17-28)39-37(40-38(26,35)30-19-9-4-10-20-30)29-18-13-21-31(24-29)41-25-33(27-14-5-2-6-15-27)32-22-11-12-23-34(32)41/h2-26,35,37,40H,1H3. The van der Waals surface area contributed by atoms with E-state index in [0.29, 0.717) is 11.8 Å². The molecule has 5 aromatic carbocycles. The van der Waals surface area contributed by atoms with Crippen molar-refractivity contribution in [1.29, 1.82) is 0 Å². The minimum Gasteiger partial charge on any atom is -0.316 e. The molecule has 1 fully saturated rings. The quantitative estimate of drug-likeness (QED) is 0.238. The van der Waals surface area contributed by atoms with Crippen molar-refractivity contribution in [3.8, 4) is 16.8 Å². The summed E-state index contributed by atoms with van der Waals surface area (Å²) in [6.45, 7) is 2.36. The van der Waals surface area contributed by atoms with E-state index in [0.717, 1.165) is 5.69 Å². The van der Waals surface area contributed by atoms with Crippen molar-refractivity contribution in [1.82, 2.24) is 9.88 Å². The van der Waals surface area contributed by atoms with Crippen LogP contribution in [0, 0.1) is 11.8 Å². The molecule has 198 valence electrons. The van der Waals surface area contributed by atoms with Gasteiger partial charge in [-0.3, -0.25) is 10.3 Å². The van der Waals surface area contributed by atoms with Gasteiger partial charge < -0.3 is 4.57 Å². The molecule has 1 aromatic heterocycles. The lowest BCUT2D eigenvalue weighted by molar-refractivity contribution is 0.395. The summed E-state index contributed by atoms with van der Waals surface area (Å²) < 4.78 is 2.32. The van der Waals surface area contributed by atoms with E-state index in [9.17, 15) is 0 Å². The Morgan fingerprint density at radius 1 is 0.683 bits per heavy atom. The lowest BCUT2D eigenvalue weighted by Gasteiger charge is -2.31. The van der Waals surface area contributed by atoms with Gasteiger partial charge in [-0.2, -0.15) is 0 Å². The summed E-state index contributed by atoms with van der Waals surface area (Å²) in [6.07, 6.45) is 2.12. The van der Waals surface area contributed by atoms with Crippen LogP contribution in [0.5, 0.6) is 0 Å². The summed E-state index contributed by atoms with van der Waals surface area (Å²) in [5, 5.41) is 5.29. The average molecular weight is 530 g/mol. The molecule has 0 saturated heterocycles. The Morgan fingerprint density at radius 3 is 2.10 bits per heavy atom. The lowest BCUT2D eigenvalue weighted by Crippen LogP contribution is -2.40. The predicted octanol–water partition coefficient (Wildman–Crippen LogP) is 8.55. The molecule has 0 amide bonds. The van der Waals surface area contributed by atoms with Gasteiger partial charge in [-0.05, 0) is 46.4 Å². The third-order valence-corrected chi connectivity index (χ3v) is 9.12. The molecule has 1 N–H and O–H groups in total. The maximum Gasteiger partial charge on any atom is 0.126 e. The van der Waals surface area contributed by atoms with Crippen LogP contribution in [0.1, 0.15) is 29.8 Å². The number of para-hydroxylation sites is 1. The second-order valence-corrected chi connectivity index (χ2v) is 11.3. The van der Waals surface area contributed by atoms with Crippen LogP contribution in [0.15, 0.2) is 151 Å². The number of nitrogens with zero attached hydrogens (tertiary/aromatic N) is 2. The number of rotatable bonds is 5. The minimum absolute atomic E-state index is 0.129. The van der Waals surface area contributed by atoms with E-state index in [1.807, 2.05) is 0 Å². The van der Waals surface area contributed by atoms with Gasteiger partial charge in [0.2, 0.25) is 0 Å². The molecule has 2 aliphatic rings. The third kappa shape index (κ3) is 3.81. The monoisotopic (exact) mass is 529 g/mol. The molecule has 4 atom stereocenters. The fourth-order valence-corrected chi connectivity index (χ4v) is 7.06. The molecule has 8 rings (SSSR count). The molecule has 3 heteroatoms. The highest BCUT2D eigenvalue weighted by Crippen LogP contribution is 2.62. The second-order valence-electron chi connectivity index (χ2n) is 11.3. The molecular formula is C38H31N3. The Morgan fingerprint density at radius 2 is 1.34 bits per heavy atom. The number of hydrogen-bond donors (Lipinski definition) is 1. The van der Waals surface area contributed by atoms with E-state index < -0.39 is 0 Å². The number of aliphatic imine (C=N–C) groups is 1. The summed E-state index contributed by atoms with van der Waals surface area (Å²) >= 11 is 0. The van der Waals surface area contributed by atoms with Gasteiger partial charge in [0.1, 0.15) is 6.17 Å². The van der Waals surface area contributed by atoms with Crippen molar-refractivity contribution in [2.24, 2.45) is 16.8 Å². The van der Waals surface area contributed by atoms with Gasteiger partial charge in [-0.25, -0.2) is 0 Å². The van der Waals surface area contributed by atoms with Crippen molar-refractivity contribution in [2.45, 2.75) is 18.6 Å². The number of fused-ring (bicyclic) bond motifs is 2. The summed E-state index contributed by atoms with van der Waals surface area (Å²) in [5.74, 6) is 0.785. The zero-order chi connectivity index (χ0) is 27.4. The highest BCUT2D eigenvalue weighted by molar-refractivity contribution is 6.06. The molecule has 1 aliphatic carbocycles. The van der Waals surface area contributed by atoms with E-state index >= 15 is 0 Å². The van der Waals surface area contributed by atoms with Gasteiger partial charge in [0.25, 0.3) is 0 Å². The van der Waals surface area contributed by atoms with E-state index in [1.54, 1.807) is 0 Å². The molecule has 4 unspecified atom stereocenters. The maximum absolute atomic E-state index is 5.41. The molecule has 1 saturated carbocycles. The first-order chi connectivity index (χ1) is 20.2. The molecule has 0 radical (unpaired) electrons. The summed E-state index contributed by atoms with van der Waals surface area (Å²) in [5.41, 5.74) is 9.60. The van der Waals surface area contributed by atoms with Gasteiger partial charge in [0, 0.05) is 28.8 Å². The van der Waals surface area contributed by atoms with Crippen LogP contribution < -0.4 is 5.32 Å². The Bertz CT molecular complexity index is 1890. The molecule has 1 aliphatic heterocycles. The van der Waals surface area contributed by atoms with Gasteiger partial charge in [0.05, 0.1) is 16.8 Å². The summed E-state index contributed by atoms with van der Waals surface area (Å²) in [4.78, 5) is 5.41. The van der Waals surface area contributed by atoms with Crippen LogP contribution in [0.2, 0.25) is 0 Å². The van der Waals surface area contributed by atoms with E-state index in [-0.39, 0.29) is 11.7 Å². The Hall–Kier alpha value is -4.73.